The molecule has 1 heterocycles. The van der Waals surface area contributed by atoms with E-state index in [0.717, 1.165) is 0 Å². The Morgan fingerprint density at radius 2 is 1.60 bits per heavy atom. The van der Waals surface area contributed by atoms with Crippen LogP contribution >= 0.6 is 0 Å². The number of rotatable bonds is 5. The molecule has 1 aliphatic heterocycles. The molecule has 1 saturated heterocycles. The van der Waals surface area contributed by atoms with Gasteiger partial charge in [0.05, 0.1) is 6.61 Å². The van der Waals surface area contributed by atoms with E-state index in [9.17, 15) is 32.2 Å². The topological polar surface area (TPSA) is 200 Å². The van der Waals surface area contributed by atoms with Gasteiger partial charge in [-0.15, -0.1) is 0 Å². The molecular weight excluding hydrogens is 326 g/mol. The van der Waals surface area contributed by atoms with E-state index in [2.05, 4.69) is 8.92 Å². The second-order valence-corrected chi connectivity index (χ2v) is 6.15. The Morgan fingerprint density at radius 1 is 1.05 bits per heavy atom. The van der Waals surface area contributed by atoms with Gasteiger partial charge in [0.15, 0.2) is 6.29 Å². The van der Waals surface area contributed by atoms with Crippen LogP contribution in [-0.2, 0) is 29.6 Å². The van der Waals surface area contributed by atoms with E-state index in [0.29, 0.717) is 0 Å². The van der Waals surface area contributed by atoms with Crippen molar-refractivity contribution in [2.45, 2.75) is 30.6 Å². The van der Waals surface area contributed by atoms with Gasteiger partial charge in [-0.05, 0) is 0 Å². The maximum atomic E-state index is 10.6. The average molecular weight is 339 g/mol. The lowest BCUT2D eigenvalue weighted by molar-refractivity contribution is -0.250. The summed E-state index contributed by atoms with van der Waals surface area (Å²) in [6.45, 7) is -0.938. The molecule has 1 unspecified atom stereocenters. The number of hydrogen-bond donors (Lipinski definition) is 6. The molecule has 6 N–H and O–H groups in total. The first-order valence-corrected chi connectivity index (χ1v) is 7.77. The highest BCUT2D eigenvalue weighted by Gasteiger charge is 2.45. The molecule has 0 aromatic rings. The van der Waals surface area contributed by atoms with Crippen molar-refractivity contribution in [2.24, 2.45) is 0 Å². The maximum Gasteiger partial charge on any atom is 0.397 e. The van der Waals surface area contributed by atoms with E-state index < -0.39 is 58.0 Å². The van der Waals surface area contributed by atoms with Crippen LogP contribution in [0.4, 0.5) is 0 Å². The van der Waals surface area contributed by atoms with Crippen LogP contribution in [0.25, 0.3) is 0 Å². The molecular formula is C6H13NO11S2. The van der Waals surface area contributed by atoms with Crippen LogP contribution in [0.5, 0.6) is 0 Å². The minimum atomic E-state index is -4.83. The van der Waals surface area contributed by atoms with Crippen molar-refractivity contribution in [1.29, 1.82) is 0 Å². The molecule has 5 atom stereocenters. The highest BCUT2D eigenvalue weighted by molar-refractivity contribution is 7.83. The zero-order chi connectivity index (χ0) is 15.7. The van der Waals surface area contributed by atoms with Crippen LogP contribution < -0.4 is 4.72 Å². The van der Waals surface area contributed by atoms with E-state index in [4.69, 9.17) is 9.11 Å². The van der Waals surface area contributed by atoms with E-state index >= 15 is 0 Å². The molecule has 12 nitrogen and oxygen atoms in total. The van der Waals surface area contributed by atoms with E-state index in [-0.39, 0.29) is 0 Å². The lowest BCUT2D eigenvalue weighted by Gasteiger charge is -2.39. The molecule has 0 aliphatic carbocycles. The van der Waals surface area contributed by atoms with Gasteiger partial charge in [-0.25, -0.2) is 4.18 Å². The summed E-state index contributed by atoms with van der Waals surface area (Å²) >= 11 is 0. The Morgan fingerprint density at radius 3 is 2.05 bits per heavy atom. The predicted molar refractivity (Wildman–Crippen MR) is 58.9 cm³/mol. The molecule has 1 rings (SSSR count). The molecule has 1 aliphatic rings. The Balaban J connectivity index is 2.76. The second kappa shape index (κ2) is 6.14. The Kier molecular flexibility index (Phi) is 5.41. The van der Waals surface area contributed by atoms with Gasteiger partial charge in [0.1, 0.15) is 24.4 Å². The largest absolute Gasteiger partial charge is 0.397 e. The van der Waals surface area contributed by atoms with Crippen LogP contribution in [0.2, 0.25) is 0 Å². The van der Waals surface area contributed by atoms with Gasteiger partial charge in [-0.1, -0.05) is 0 Å². The van der Waals surface area contributed by atoms with Gasteiger partial charge in [-0.2, -0.15) is 21.6 Å². The Bertz CT molecular complexity index is 527. The zero-order valence-electron chi connectivity index (χ0n) is 9.60. The normalized spacial score (nSPS) is 36.0. The second-order valence-electron chi connectivity index (χ2n) is 3.88. The summed E-state index contributed by atoms with van der Waals surface area (Å²) in [5, 5.41) is 28.6. The molecule has 0 radical (unpaired) electrons. The zero-order valence-corrected chi connectivity index (χ0v) is 11.2. The minimum absolute atomic E-state index is 0.938. The van der Waals surface area contributed by atoms with Crippen LogP contribution in [0.3, 0.4) is 0 Å². The number of aliphatic hydroxyl groups excluding tert-OH is 3. The van der Waals surface area contributed by atoms with Gasteiger partial charge in [0.2, 0.25) is 0 Å². The average Bonchev–Trinajstić information content (AvgIpc) is 2.25. The maximum absolute atomic E-state index is 10.6. The Hall–Kier alpha value is -0.420. The molecule has 0 amide bonds. The number of aliphatic hydroxyl groups is 3. The summed E-state index contributed by atoms with van der Waals surface area (Å²) in [4.78, 5) is 0. The summed E-state index contributed by atoms with van der Waals surface area (Å²) in [6, 6.07) is -1.79. The third-order valence-corrected chi connectivity index (χ3v) is 3.39. The smallest absolute Gasteiger partial charge is 0.388 e. The van der Waals surface area contributed by atoms with Crippen molar-refractivity contribution >= 4 is 20.7 Å². The molecule has 0 spiro atoms. The van der Waals surface area contributed by atoms with E-state index in [1.165, 1.54) is 4.72 Å². The number of ether oxygens (including phenoxy) is 1. The fourth-order valence-electron chi connectivity index (χ4n) is 1.54. The summed E-state index contributed by atoms with van der Waals surface area (Å²) in [6.07, 6.45) is -7.37. The summed E-state index contributed by atoms with van der Waals surface area (Å²) in [7, 11) is -9.62. The fourth-order valence-corrected chi connectivity index (χ4v) is 2.44. The quantitative estimate of drug-likeness (QED) is 0.267. The van der Waals surface area contributed by atoms with E-state index in [1.54, 1.807) is 0 Å². The predicted octanol–water partition coefficient (Wildman–Crippen LogP) is -3.99. The van der Waals surface area contributed by atoms with Crippen molar-refractivity contribution in [3.8, 4) is 0 Å². The minimum Gasteiger partial charge on any atom is -0.388 e. The highest BCUT2D eigenvalue weighted by Crippen LogP contribution is 2.21. The molecule has 1 fully saturated rings. The standard InChI is InChI=1S/C6H13NO11S2/c8-4-2(1-17-20(14,15)16)18-6(10)3(5(4)9)7-19(11,12)13/h2-10H,1H2,(H,11,12,13)(H,14,15,16)/t2-,3-,4+,5-,6?/m1/s1. The number of hydrogen-bond acceptors (Lipinski definition) is 9. The van der Waals surface area contributed by atoms with E-state index in [1.807, 2.05) is 0 Å². The molecule has 14 heteroatoms. The third kappa shape index (κ3) is 5.17. The first-order chi connectivity index (χ1) is 8.91. The molecule has 0 aromatic carbocycles. The first kappa shape index (κ1) is 17.6. The third-order valence-electron chi connectivity index (χ3n) is 2.39. The summed E-state index contributed by atoms with van der Waals surface area (Å²) in [5.74, 6) is 0. The molecule has 0 bridgehead atoms. The monoisotopic (exact) mass is 339 g/mol. The van der Waals surface area contributed by atoms with Crippen molar-refractivity contribution in [3.05, 3.63) is 0 Å². The van der Waals surface area contributed by atoms with Gasteiger partial charge in [-0.3, -0.25) is 9.11 Å². The van der Waals surface area contributed by atoms with Crippen LogP contribution in [-0.4, -0.2) is 78.5 Å². The lowest BCUT2D eigenvalue weighted by Crippen LogP contribution is -2.64. The van der Waals surface area contributed by atoms with Crippen molar-refractivity contribution in [1.82, 2.24) is 4.72 Å². The molecule has 0 saturated carbocycles. The highest BCUT2D eigenvalue weighted by atomic mass is 32.3. The lowest BCUT2D eigenvalue weighted by atomic mass is 9.98. The van der Waals surface area contributed by atoms with Gasteiger partial charge in [0.25, 0.3) is 0 Å². The van der Waals surface area contributed by atoms with Gasteiger partial charge < -0.3 is 20.1 Å². The number of nitrogens with one attached hydrogen (secondary N) is 1. The Labute approximate surface area is 113 Å². The molecule has 20 heavy (non-hydrogen) atoms. The summed E-state index contributed by atoms with van der Waals surface area (Å²) < 4.78 is 68.7. The van der Waals surface area contributed by atoms with Gasteiger partial charge >= 0.3 is 20.7 Å². The molecule has 120 valence electrons. The van der Waals surface area contributed by atoms with Crippen LogP contribution in [0.1, 0.15) is 0 Å². The van der Waals surface area contributed by atoms with Crippen molar-refractivity contribution in [3.63, 3.8) is 0 Å². The SMILES string of the molecule is O=S(=O)(O)N[C@H]1C(O)O[C@H](COS(=O)(=O)O)[C@H](O)[C@@H]1O. The van der Waals surface area contributed by atoms with Crippen LogP contribution in [0.15, 0.2) is 0 Å². The van der Waals surface area contributed by atoms with Crippen molar-refractivity contribution < 1.29 is 50.2 Å². The fraction of sp³-hybridized carbons (Fsp3) is 1.00. The first-order valence-electron chi connectivity index (χ1n) is 4.97. The summed E-state index contributed by atoms with van der Waals surface area (Å²) in [5.41, 5.74) is 0. The van der Waals surface area contributed by atoms with Crippen LogP contribution in [0, 0.1) is 0 Å². The van der Waals surface area contributed by atoms with Crippen molar-refractivity contribution in [2.75, 3.05) is 6.61 Å². The molecule has 0 aromatic heterocycles. The van der Waals surface area contributed by atoms with Gasteiger partial charge in [0, 0.05) is 0 Å².